The Kier molecular flexibility index (Phi) is 30.2. The van der Waals surface area contributed by atoms with E-state index >= 15 is 0 Å². The summed E-state index contributed by atoms with van der Waals surface area (Å²) in [5.74, 6) is 1.12. The largest absolute Gasteiger partial charge is 0.407 e. The van der Waals surface area contributed by atoms with Crippen LogP contribution in [-0.4, -0.2) is 96.8 Å². The molecule has 8 nitrogen and oxygen atoms in total. The quantitative estimate of drug-likeness (QED) is 0.0321. The van der Waals surface area contributed by atoms with Gasteiger partial charge in [0.2, 0.25) is 0 Å². The summed E-state index contributed by atoms with van der Waals surface area (Å²) in [5, 5.41) is 2.46. The van der Waals surface area contributed by atoms with Gasteiger partial charge in [0, 0.05) is 45.2 Å². The predicted octanol–water partition coefficient (Wildman–Crippen LogP) is 15.0. The summed E-state index contributed by atoms with van der Waals surface area (Å²) >= 11 is 0. The second-order valence-corrected chi connectivity index (χ2v) is 28.3. The number of benzene rings is 3. The van der Waals surface area contributed by atoms with Crippen molar-refractivity contribution in [3.63, 3.8) is 0 Å². The molecule has 3 aromatic carbocycles. The first-order valence-corrected chi connectivity index (χ1v) is 30.8. The molecule has 0 unspecified atom stereocenters. The Balaban J connectivity index is 1.67. The van der Waals surface area contributed by atoms with Gasteiger partial charge in [-0.1, -0.05) is 165 Å². The summed E-state index contributed by atoms with van der Waals surface area (Å²) in [6.07, 6.45) is 12.6. The van der Waals surface area contributed by atoms with Gasteiger partial charge in [0.15, 0.2) is 0 Å². The molecule has 0 radical (unpaired) electrons. The smallest absolute Gasteiger partial charge is 0.261 e. The van der Waals surface area contributed by atoms with Crippen LogP contribution in [0.2, 0.25) is 5.04 Å². The van der Waals surface area contributed by atoms with E-state index in [4.69, 9.17) is 37.6 Å². The fraction of sp³-hybridized carbons (Fsp3) is 0.667. The molecule has 0 aromatic heterocycles. The molecule has 75 heavy (non-hydrogen) atoms. The van der Waals surface area contributed by atoms with Gasteiger partial charge in [-0.15, -0.1) is 0 Å². The Hall–Kier alpha value is -2.96. The van der Waals surface area contributed by atoms with Gasteiger partial charge in [-0.05, 0) is 139 Å². The highest BCUT2D eigenvalue weighted by molar-refractivity contribution is 6.99. The zero-order valence-corrected chi connectivity index (χ0v) is 51.7. The van der Waals surface area contributed by atoms with E-state index in [1.54, 1.807) is 0 Å². The first-order valence-electron chi connectivity index (χ1n) is 28.9. The van der Waals surface area contributed by atoms with Crippen molar-refractivity contribution in [2.75, 3.05) is 27.4 Å². The van der Waals surface area contributed by atoms with Crippen molar-refractivity contribution >= 4 is 18.7 Å². The molecule has 0 aliphatic carbocycles. The van der Waals surface area contributed by atoms with Crippen LogP contribution in [0.5, 0.6) is 0 Å². The molecular formula is C66H108O8Si. The maximum atomic E-state index is 7.47. The third kappa shape index (κ3) is 22.4. The lowest BCUT2D eigenvalue weighted by molar-refractivity contribution is -0.118. The van der Waals surface area contributed by atoms with E-state index in [9.17, 15) is 0 Å². The summed E-state index contributed by atoms with van der Waals surface area (Å²) in [5.41, 5.74) is 2.46. The number of ether oxygens (including phenoxy) is 7. The fourth-order valence-corrected chi connectivity index (χ4v) is 15.6. The number of methoxy groups -OCH3 is 2. The van der Waals surface area contributed by atoms with Gasteiger partial charge in [-0.25, -0.2) is 0 Å². The van der Waals surface area contributed by atoms with E-state index in [0.29, 0.717) is 31.7 Å². The summed E-state index contributed by atoms with van der Waals surface area (Å²) in [6, 6.07) is 32.2. The molecule has 0 amide bonds. The summed E-state index contributed by atoms with van der Waals surface area (Å²) in [4.78, 5) is 0. The zero-order valence-electron chi connectivity index (χ0n) is 50.7. The third-order valence-electron chi connectivity index (χ3n) is 14.9. The van der Waals surface area contributed by atoms with E-state index in [1.807, 2.05) is 20.3 Å². The van der Waals surface area contributed by atoms with Crippen LogP contribution >= 0.6 is 0 Å². The molecule has 3 aromatic rings. The van der Waals surface area contributed by atoms with Crippen molar-refractivity contribution in [3.05, 3.63) is 120 Å². The molecule has 0 fully saturated rings. The number of rotatable bonds is 37. The van der Waals surface area contributed by atoms with Crippen molar-refractivity contribution < 1.29 is 37.6 Å². The van der Waals surface area contributed by atoms with Crippen LogP contribution in [0.25, 0.3) is 0 Å². The zero-order chi connectivity index (χ0) is 55.7. The predicted molar refractivity (Wildman–Crippen MR) is 318 cm³/mol. The lowest BCUT2D eigenvalue weighted by atomic mass is 9.84. The molecule has 0 aliphatic heterocycles. The average molecular weight is 1060 g/mol. The fourth-order valence-electron chi connectivity index (χ4n) is 11.0. The summed E-state index contributed by atoms with van der Waals surface area (Å²) in [7, 11) is 0.936. The Morgan fingerprint density at radius 2 is 1.05 bits per heavy atom. The van der Waals surface area contributed by atoms with Crippen LogP contribution in [0.4, 0.5) is 0 Å². The van der Waals surface area contributed by atoms with E-state index in [-0.39, 0.29) is 83.8 Å². The Labute approximate surface area is 460 Å². The van der Waals surface area contributed by atoms with Crippen molar-refractivity contribution in [1.29, 1.82) is 0 Å². The standard InChI is InChI=1S/C66H108O8Si/c1-47(2)71-62(55(13)65(74-50(7)8)54(12)45-70-75(66(15,16)17,59-33-25-21-26-34-59)60-35-27-22-28-36-60)37-29-32-58(67-18)44-51(9)38-39-52(10)61(68-19)41-40-53(11)64(73-49(5)6)56(14)63(72-48(3)4)42-43-69-46-57-30-23-20-24-31-57/h20-36,39,47-51,53-56,58,61-65H,37-38,40-46H2,1-19H3/b32-29+,52-39+/t51-,53-,54+,55-,56-,58+,61+,62+,63-,64-,65+/m1/s1. The number of allylic oxidation sites excluding steroid dienone is 1. The van der Waals surface area contributed by atoms with Crippen molar-refractivity contribution in [2.24, 2.45) is 29.6 Å². The Morgan fingerprint density at radius 3 is 1.55 bits per heavy atom. The van der Waals surface area contributed by atoms with E-state index in [2.05, 4.69) is 221 Å². The van der Waals surface area contributed by atoms with Gasteiger partial charge < -0.3 is 37.6 Å². The highest BCUT2D eigenvalue weighted by Crippen LogP contribution is 2.38. The molecular weight excluding hydrogens is 949 g/mol. The van der Waals surface area contributed by atoms with Crippen molar-refractivity contribution in [1.82, 2.24) is 0 Å². The van der Waals surface area contributed by atoms with Gasteiger partial charge in [0.1, 0.15) is 0 Å². The first-order chi connectivity index (χ1) is 35.5. The molecule has 3 rings (SSSR count). The molecule has 0 spiro atoms. The van der Waals surface area contributed by atoms with Crippen LogP contribution in [0.1, 0.15) is 162 Å². The van der Waals surface area contributed by atoms with Crippen LogP contribution < -0.4 is 10.4 Å². The lowest BCUT2D eigenvalue weighted by Crippen LogP contribution is -2.67. The molecule has 0 saturated carbocycles. The van der Waals surface area contributed by atoms with Crippen LogP contribution in [0.15, 0.2) is 115 Å². The van der Waals surface area contributed by atoms with E-state index < -0.39 is 8.32 Å². The summed E-state index contributed by atoms with van der Waals surface area (Å²) < 4.78 is 52.7. The molecule has 0 N–H and O–H groups in total. The SMILES string of the molecule is CO[C@@H](CC[C@@H](C)[C@@H](OC(C)C)[C@H](C)[C@@H](CCOCc1ccccc1)OC(C)C)/C(C)=C/C[C@@H](C)C[C@H](/C=C/C[C@H](OC(C)C)[C@@H](C)[C@@H](OC(C)C)[C@@H](C)CO[Si](c1ccccc1)(c1ccccc1)C(C)(C)C)OC. The molecule has 0 saturated heterocycles. The van der Waals surface area contributed by atoms with Crippen LogP contribution in [0, 0.1) is 29.6 Å². The second kappa shape index (κ2) is 34.1. The Bertz CT molecular complexity index is 1940. The minimum Gasteiger partial charge on any atom is -0.407 e. The second-order valence-electron chi connectivity index (χ2n) is 24.0. The Morgan fingerprint density at radius 1 is 0.560 bits per heavy atom. The highest BCUT2D eigenvalue weighted by atomic mass is 28.4. The normalized spacial score (nSPS) is 17.6. The average Bonchev–Trinajstić information content (AvgIpc) is 3.36. The first kappa shape index (κ1) is 66.3. The molecule has 9 heteroatoms. The topological polar surface area (TPSA) is 73.8 Å². The maximum absolute atomic E-state index is 7.47. The molecule has 11 atom stereocenters. The van der Waals surface area contributed by atoms with Crippen molar-refractivity contribution in [3.8, 4) is 0 Å². The van der Waals surface area contributed by atoms with Crippen LogP contribution in [-0.2, 0) is 44.2 Å². The van der Waals surface area contributed by atoms with Gasteiger partial charge in [0.25, 0.3) is 8.32 Å². The van der Waals surface area contributed by atoms with Crippen molar-refractivity contribution in [2.45, 2.75) is 229 Å². The summed E-state index contributed by atoms with van der Waals surface area (Å²) in [6.45, 7) is 39.6. The van der Waals surface area contributed by atoms with Gasteiger partial charge in [-0.2, -0.15) is 0 Å². The van der Waals surface area contributed by atoms with E-state index in [0.717, 1.165) is 38.5 Å². The molecule has 0 aliphatic rings. The monoisotopic (exact) mass is 1060 g/mol. The van der Waals surface area contributed by atoms with Gasteiger partial charge in [-0.3, -0.25) is 0 Å². The van der Waals surface area contributed by atoms with E-state index in [1.165, 1.54) is 21.5 Å². The van der Waals surface area contributed by atoms with Gasteiger partial charge in [0.05, 0.1) is 67.6 Å². The van der Waals surface area contributed by atoms with Crippen LogP contribution in [0.3, 0.4) is 0 Å². The highest BCUT2D eigenvalue weighted by Gasteiger charge is 2.50. The number of hydrogen-bond acceptors (Lipinski definition) is 8. The molecule has 0 heterocycles. The molecule has 0 bridgehead atoms. The number of hydrogen-bond donors (Lipinski definition) is 0. The minimum absolute atomic E-state index is 0.0110. The minimum atomic E-state index is -2.73. The maximum Gasteiger partial charge on any atom is 0.261 e. The third-order valence-corrected chi connectivity index (χ3v) is 19.9. The lowest BCUT2D eigenvalue weighted by Gasteiger charge is -2.44. The van der Waals surface area contributed by atoms with Gasteiger partial charge >= 0.3 is 0 Å². The molecule has 424 valence electrons.